The lowest BCUT2D eigenvalue weighted by molar-refractivity contribution is 0.262. The van der Waals surface area contributed by atoms with Gasteiger partial charge in [0.2, 0.25) is 0 Å². The summed E-state index contributed by atoms with van der Waals surface area (Å²) in [5.41, 5.74) is 1.25. The summed E-state index contributed by atoms with van der Waals surface area (Å²) in [7, 11) is -8.20. The minimum Gasteiger partial charge on any atom is -0.379 e. The Kier molecular flexibility index (Phi) is 7.46. The third kappa shape index (κ3) is 6.66. The molecule has 0 atom stereocenters. The Hall–Kier alpha value is -4.35. The molecular weight excluding hydrogens is 516 g/mol. The van der Waals surface area contributed by atoms with Gasteiger partial charge in [-0.1, -0.05) is 54.1 Å². The average Bonchev–Trinajstić information content (AvgIpc) is 2.86. The standard InChI is InChI=1S/C26H22N2O7S2/c1-19-14-16-23(17-15-19)36(30,31)34-21-9-7-8-20(18-21)27-26(29)28-24-12-5-6-13-25(24)35-37(32,33)22-10-3-2-4-11-22/h2-18H,1H3,(H2,27,28,29). The number of hydrogen-bond donors (Lipinski definition) is 2. The van der Waals surface area contributed by atoms with Crippen LogP contribution in [0.2, 0.25) is 0 Å². The van der Waals surface area contributed by atoms with Crippen LogP contribution in [0.5, 0.6) is 11.5 Å². The third-order valence-corrected chi connectivity index (χ3v) is 7.48. The number of carbonyl (C=O) groups excluding carboxylic acids is 1. The van der Waals surface area contributed by atoms with Gasteiger partial charge in [-0.25, -0.2) is 4.79 Å². The van der Waals surface area contributed by atoms with E-state index in [0.29, 0.717) is 0 Å². The summed E-state index contributed by atoms with van der Waals surface area (Å²) in [4.78, 5) is 12.6. The van der Waals surface area contributed by atoms with Crippen molar-refractivity contribution < 1.29 is 30.0 Å². The number of para-hydroxylation sites is 2. The number of carbonyl (C=O) groups is 1. The van der Waals surface area contributed by atoms with Crippen LogP contribution in [0, 0.1) is 6.92 Å². The van der Waals surface area contributed by atoms with Crippen LogP contribution in [0.4, 0.5) is 16.2 Å². The second-order valence-corrected chi connectivity index (χ2v) is 10.9. The highest BCUT2D eigenvalue weighted by Crippen LogP contribution is 2.28. The van der Waals surface area contributed by atoms with Gasteiger partial charge in [0.15, 0.2) is 5.75 Å². The van der Waals surface area contributed by atoms with Gasteiger partial charge < -0.3 is 19.0 Å². The molecule has 0 saturated carbocycles. The van der Waals surface area contributed by atoms with E-state index in [1.54, 1.807) is 42.5 Å². The quantitative estimate of drug-likeness (QED) is 0.296. The summed E-state index contributed by atoms with van der Waals surface area (Å²) >= 11 is 0. The highest BCUT2D eigenvalue weighted by atomic mass is 32.2. The zero-order chi connectivity index (χ0) is 26.5. The zero-order valence-electron chi connectivity index (χ0n) is 19.5. The number of rotatable bonds is 8. The van der Waals surface area contributed by atoms with Crippen LogP contribution in [0.25, 0.3) is 0 Å². The third-order valence-electron chi connectivity index (χ3n) is 4.97. The minimum absolute atomic E-state index is 0.00346. The van der Waals surface area contributed by atoms with Crippen molar-refractivity contribution in [2.75, 3.05) is 10.6 Å². The monoisotopic (exact) mass is 538 g/mol. The Labute approximate surface area is 214 Å². The second kappa shape index (κ2) is 10.7. The molecule has 190 valence electrons. The van der Waals surface area contributed by atoms with Crippen LogP contribution in [0.1, 0.15) is 5.56 Å². The number of nitrogens with one attached hydrogen (secondary N) is 2. The lowest BCUT2D eigenvalue weighted by Crippen LogP contribution is -2.20. The first-order chi connectivity index (χ1) is 17.6. The highest BCUT2D eigenvalue weighted by Gasteiger charge is 2.19. The van der Waals surface area contributed by atoms with E-state index in [1.807, 2.05) is 6.92 Å². The number of aryl methyl sites for hydroxylation is 1. The van der Waals surface area contributed by atoms with E-state index in [0.717, 1.165) is 5.56 Å². The van der Waals surface area contributed by atoms with Crippen molar-refractivity contribution in [1.29, 1.82) is 0 Å². The molecule has 0 radical (unpaired) electrons. The molecule has 4 aromatic carbocycles. The van der Waals surface area contributed by atoms with Gasteiger partial charge in [-0.2, -0.15) is 16.8 Å². The summed E-state index contributed by atoms with van der Waals surface area (Å²) < 4.78 is 60.7. The summed E-state index contributed by atoms with van der Waals surface area (Å²) in [5.74, 6) is -0.0844. The van der Waals surface area contributed by atoms with Crippen LogP contribution in [0.15, 0.2) is 113 Å². The van der Waals surface area contributed by atoms with Crippen molar-refractivity contribution in [2.45, 2.75) is 16.7 Å². The van der Waals surface area contributed by atoms with Crippen LogP contribution >= 0.6 is 0 Å². The first kappa shape index (κ1) is 25.7. The molecule has 0 aliphatic carbocycles. The largest absolute Gasteiger partial charge is 0.379 e. The van der Waals surface area contributed by atoms with Gasteiger partial charge in [-0.05, 0) is 55.5 Å². The normalized spacial score (nSPS) is 11.4. The topological polar surface area (TPSA) is 128 Å². The SMILES string of the molecule is Cc1ccc(S(=O)(=O)Oc2cccc(NC(=O)Nc3ccccc3OS(=O)(=O)c3ccccc3)c2)cc1. The number of hydrogen-bond acceptors (Lipinski definition) is 7. The van der Waals surface area contributed by atoms with Crippen LogP contribution < -0.4 is 19.0 Å². The summed E-state index contributed by atoms with van der Waals surface area (Å²) in [6.45, 7) is 1.84. The van der Waals surface area contributed by atoms with Gasteiger partial charge in [-0.3, -0.25) is 0 Å². The van der Waals surface area contributed by atoms with E-state index in [9.17, 15) is 21.6 Å². The van der Waals surface area contributed by atoms with E-state index in [4.69, 9.17) is 8.37 Å². The van der Waals surface area contributed by atoms with E-state index in [2.05, 4.69) is 10.6 Å². The fourth-order valence-corrected chi connectivity index (χ4v) is 5.08. The molecule has 0 bridgehead atoms. The van der Waals surface area contributed by atoms with Gasteiger partial charge in [0.1, 0.15) is 15.5 Å². The molecule has 0 unspecified atom stereocenters. The predicted octanol–water partition coefficient (Wildman–Crippen LogP) is 5.17. The summed E-state index contributed by atoms with van der Waals surface area (Å²) in [5, 5.41) is 5.09. The van der Waals surface area contributed by atoms with E-state index >= 15 is 0 Å². The predicted molar refractivity (Wildman–Crippen MR) is 139 cm³/mol. The van der Waals surface area contributed by atoms with Gasteiger partial charge in [0.25, 0.3) is 0 Å². The highest BCUT2D eigenvalue weighted by molar-refractivity contribution is 7.87. The van der Waals surface area contributed by atoms with Crippen molar-refractivity contribution in [3.8, 4) is 11.5 Å². The van der Waals surface area contributed by atoms with Gasteiger partial charge in [-0.15, -0.1) is 0 Å². The van der Waals surface area contributed by atoms with Crippen molar-refractivity contribution >= 4 is 37.6 Å². The molecule has 0 aliphatic rings. The first-order valence-corrected chi connectivity index (χ1v) is 13.7. The smallest absolute Gasteiger partial charge is 0.339 e. The van der Waals surface area contributed by atoms with Gasteiger partial charge in [0, 0.05) is 11.8 Å². The molecule has 0 fully saturated rings. The van der Waals surface area contributed by atoms with Crippen LogP contribution in [0.3, 0.4) is 0 Å². The Morgan fingerprint density at radius 2 is 1.27 bits per heavy atom. The first-order valence-electron chi connectivity index (χ1n) is 10.9. The molecule has 0 aromatic heterocycles. The van der Waals surface area contributed by atoms with Gasteiger partial charge >= 0.3 is 26.3 Å². The molecule has 2 N–H and O–H groups in total. The zero-order valence-corrected chi connectivity index (χ0v) is 21.1. The molecule has 0 saturated heterocycles. The lowest BCUT2D eigenvalue weighted by atomic mass is 10.2. The summed E-state index contributed by atoms with van der Waals surface area (Å²) in [6, 6.07) is 25.0. The van der Waals surface area contributed by atoms with Crippen molar-refractivity contribution in [3.05, 3.63) is 109 Å². The number of benzene rings is 4. The maximum atomic E-state index is 12.6. The van der Waals surface area contributed by atoms with E-state index in [-0.39, 0.29) is 32.7 Å². The molecule has 0 spiro atoms. The molecule has 37 heavy (non-hydrogen) atoms. The molecule has 4 aromatic rings. The Bertz CT molecular complexity index is 1620. The van der Waals surface area contributed by atoms with Crippen molar-refractivity contribution in [3.63, 3.8) is 0 Å². The molecule has 0 heterocycles. The fourth-order valence-electron chi connectivity index (χ4n) is 3.19. The maximum absolute atomic E-state index is 12.6. The molecule has 0 aliphatic heterocycles. The van der Waals surface area contributed by atoms with Crippen molar-refractivity contribution in [1.82, 2.24) is 0 Å². The fraction of sp³-hybridized carbons (Fsp3) is 0.0385. The number of anilines is 2. The Balaban J connectivity index is 1.46. The van der Waals surface area contributed by atoms with Gasteiger partial charge in [0.05, 0.1) is 5.69 Å². The van der Waals surface area contributed by atoms with Crippen LogP contribution in [-0.4, -0.2) is 22.9 Å². The number of amides is 2. The summed E-state index contributed by atoms with van der Waals surface area (Å²) in [6.07, 6.45) is 0. The molecule has 9 nitrogen and oxygen atoms in total. The Morgan fingerprint density at radius 1 is 0.649 bits per heavy atom. The van der Waals surface area contributed by atoms with Crippen molar-refractivity contribution in [2.24, 2.45) is 0 Å². The maximum Gasteiger partial charge on any atom is 0.339 e. The lowest BCUT2D eigenvalue weighted by Gasteiger charge is -2.13. The van der Waals surface area contributed by atoms with E-state index < -0.39 is 26.3 Å². The second-order valence-electron chi connectivity index (χ2n) is 7.80. The van der Waals surface area contributed by atoms with E-state index in [1.165, 1.54) is 60.7 Å². The Morgan fingerprint density at radius 3 is 2.00 bits per heavy atom. The molecular formula is C26H22N2O7S2. The molecule has 2 amide bonds. The van der Waals surface area contributed by atoms with Crippen LogP contribution in [-0.2, 0) is 20.2 Å². The number of urea groups is 1. The average molecular weight is 539 g/mol. The minimum atomic E-state index is -4.12. The molecule has 4 rings (SSSR count). The molecule has 11 heteroatoms.